The Labute approximate surface area is 115 Å². The summed E-state index contributed by atoms with van der Waals surface area (Å²) < 4.78 is 5.18. The summed E-state index contributed by atoms with van der Waals surface area (Å²) in [7, 11) is 0. The van der Waals surface area contributed by atoms with Crippen LogP contribution in [0.1, 0.15) is 33.7 Å². The molecule has 0 saturated heterocycles. The van der Waals surface area contributed by atoms with Crippen molar-refractivity contribution in [2.24, 2.45) is 0 Å². The van der Waals surface area contributed by atoms with Crippen LogP contribution in [0, 0.1) is 13.8 Å². The predicted molar refractivity (Wildman–Crippen MR) is 70.3 cm³/mol. The fraction of sp³-hybridized carbons (Fsp3) is 0.214. The van der Waals surface area contributed by atoms with Crippen molar-refractivity contribution >= 4 is 11.9 Å². The molecule has 0 saturated carbocycles. The van der Waals surface area contributed by atoms with Gasteiger partial charge in [-0.1, -0.05) is 30.3 Å². The van der Waals surface area contributed by atoms with Crippen molar-refractivity contribution in [2.75, 3.05) is 0 Å². The Morgan fingerprint density at radius 3 is 2.40 bits per heavy atom. The largest absolute Gasteiger partial charge is 0.479 e. The number of benzene rings is 1. The van der Waals surface area contributed by atoms with Crippen molar-refractivity contribution in [3.05, 3.63) is 53.2 Å². The lowest BCUT2D eigenvalue weighted by Crippen LogP contribution is -2.33. The van der Waals surface area contributed by atoms with Gasteiger partial charge >= 0.3 is 5.97 Å². The molecule has 0 fully saturated rings. The van der Waals surface area contributed by atoms with Crippen LogP contribution in [-0.2, 0) is 4.79 Å². The van der Waals surface area contributed by atoms with Crippen LogP contribution in [0.15, 0.2) is 34.7 Å². The lowest BCUT2D eigenvalue weighted by atomic mass is 10.1. The molecule has 0 aliphatic rings. The number of carboxylic acids is 1. The number of nitrogens with one attached hydrogen (secondary N) is 1. The number of aromatic nitrogens is 1. The maximum Gasteiger partial charge on any atom is 0.330 e. The fourth-order valence-corrected chi connectivity index (χ4v) is 1.87. The van der Waals surface area contributed by atoms with E-state index in [-0.39, 0.29) is 5.76 Å². The number of carboxylic acid groups (broad SMARTS) is 1. The molecule has 0 spiro atoms. The minimum Gasteiger partial charge on any atom is -0.479 e. The van der Waals surface area contributed by atoms with E-state index < -0.39 is 17.9 Å². The molecule has 1 aromatic heterocycles. The van der Waals surface area contributed by atoms with E-state index in [0.717, 1.165) is 0 Å². The number of hydrogen-bond donors (Lipinski definition) is 2. The molecule has 0 aliphatic carbocycles. The van der Waals surface area contributed by atoms with Gasteiger partial charge in [0.05, 0.1) is 5.69 Å². The lowest BCUT2D eigenvalue weighted by Gasteiger charge is -2.13. The maximum atomic E-state index is 12.1. The van der Waals surface area contributed by atoms with Crippen LogP contribution in [-0.4, -0.2) is 22.0 Å². The highest BCUT2D eigenvalue weighted by molar-refractivity contribution is 5.95. The molecule has 2 rings (SSSR count). The van der Waals surface area contributed by atoms with E-state index in [9.17, 15) is 14.7 Å². The molecule has 1 heterocycles. The molecule has 20 heavy (non-hydrogen) atoms. The zero-order valence-electron chi connectivity index (χ0n) is 11.1. The van der Waals surface area contributed by atoms with Gasteiger partial charge in [-0.2, -0.15) is 0 Å². The third-order valence-corrected chi connectivity index (χ3v) is 2.77. The molecule has 0 bridgehead atoms. The van der Waals surface area contributed by atoms with Gasteiger partial charge in [0.1, 0.15) is 0 Å². The first kappa shape index (κ1) is 13.8. The van der Waals surface area contributed by atoms with Gasteiger partial charge in [-0.15, -0.1) is 0 Å². The van der Waals surface area contributed by atoms with Crippen LogP contribution in [0.4, 0.5) is 0 Å². The second kappa shape index (κ2) is 5.56. The molecule has 104 valence electrons. The molecule has 1 aromatic carbocycles. The van der Waals surface area contributed by atoms with Crippen molar-refractivity contribution < 1.29 is 19.1 Å². The van der Waals surface area contributed by atoms with E-state index in [2.05, 4.69) is 10.3 Å². The number of hydrogen-bond acceptors (Lipinski definition) is 4. The predicted octanol–water partition coefficient (Wildman–Crippen LogP) is 1.85. The molecule has 1 atom stereocenters. The normalized spacial score (nSPS) is 11.9. The number of rotatable bonds is 4. The van der Waals surface area contributed by atoms with E-state index in [1.807, 2.05) is 0 Å². The molecule has 6 nitrogen and oxygen atoms in total. The lowest BCUT2D eigenvalue weighted by molar-refractivity contribution is -0.139. The fourth-order valence-electron chi connectivity index (χ4n) is 1.87. The highest BCUT2D eigenvalue weighted by Crippen LogP contribution is 2.15. The van der Waals surface area contributed by atoms with E-state index >= 15 is 0 Å². The monoisotopic (exact) mass is 274 g/mol. The average Bonchev–Trinajstić information content (AvgIpc) is 2.75. The molecule has 0 unspecified atom stereocenters. The maximum absolute atomic E-state index is 12.1. The molecular formula is C14H14N2O4. The second-order valence-corrected chi connectivity index (χ2v) is 4.30. The zero-order chi connectivity index (χ0) is 14.7. The Kier molecular flexibility index (Phi) is 3.84. The SMILES string of the molecule is Cc1nc(C)c(C(=O)N[C@@H](C(=O)O)c2ccccc2)o1. The summed E-state index contributed by atoms with van der Waals surface area (Å²) in [6, 6.07) is 7.33. The van der Waals surface area contributed by atoms with E-state index in [1.165, 1.54) is 0 Å². The molecule has 0 radical (unpaired) electrons. The smallest absolute Gasteiger partial charge is 0.330 e. The Morgan fingerprint density at radius 2 is 1.90 bits per heavy atom. The number of aryl methyl sites for hydroxylation is 2. The third kappa shape index (κ3) is 2.85. The van der Waals surface area contributed by atoms with Gasteiger partial charge in [0, 0.05) is 6.92 Å². The molecule has 6 heteroatoms. The van der Waals surface area contributed by atoms with E-state index in [1.54, 1.807) is 44.2 Å². The Morgan fingerprint density at radius 1 is 1.25 bits per heavy atom. The van der Waals surface area contributed by atoms with Crippen LogP contribution in [0.5, 0.6) is 0 Å². The first-order chi connectivity index (χ1) is 9.49. The number of amides is 1. The van der Waals surface area contributed by atoms with Gasteiger partial charge in [0.2, 0.25) is 5.76 Å². The topological polar surface area (TPSA) is 92.4 Å². The van der Waals surface area contributed by atoms with Crippen molar-refractivity contribution in [3.63, 3.8) is 0 Å². The number of nitrogens with zero attached hydrogens (tertiary/aromatic N) is 1. The standard InChI is InChI=1S/C14H14N2O4/c1-8-12(20-9(2)15-8)13(17)16-11(14(18)19)10-6-4-3-5-7-10/h3-7,11H,1-2H3,(H,16,17)(H,18,19)/t11-/m1/s1. The van der Waals surface area contributed by atoms with Crippen molar-refractivity contribution in [1.29, 1.82) is 0 Å². The first-order valence-electron chi connectivity index (χ1n) is 6.01. The van der Waals surface area contributed by atoms with Crippen LogP contribution in [0.2, 0.25) is 0 Å². The minimum absolute atomic E-state index is 0.0321. The summed E-state index contributed by atoms with van der Waals surface area (Å²) >= 11 is 0. The summed E-state index contributed by atoms with van der Waals surface area (Å²) in [5.41, 5.74) is 0.916. The van der Waals surface area contributed by atoms with Crippen molar-refractivity contribution in [2.45, 2.75) is 19.9 Å². The summed E-state index contributed by atoms with van der Waals surface area (Å²) in [4.78, 5) is 27.3. The Balaban J connectivity index is 2.23. The molecule has 0 aliphatic heterocycles. The van der Waals surface area contributed by atoms with Gasteiger partial charge in [-0.25, -0.2) is 9.78 Å². The van der Waals surface area contributed by atoms with E-state index in [4.69, 9.17) is 4.42 Å². The third-order valence-electron chi connectivity index (χ3n) is 2.77. The number of aliphatic carboxylic acids is 1. The number of carbonyl (C=O) groups is 2. The minimum atomic E-state index is -1.14. The zero-order valence-corrected chi connectivity index (χ0v) is 11.1. The Bertz CT molecular complexity index is 634. The number of carbonyl (C=O) groups excluding carboxylic acids is 1. The Hall–Kier alpha value is -2.63. The summed E-state index contributed by atoms with van der Waals surface area (Å²) in [5, 5.41) is 11.7. The van der Waals surface area contributed by atoms with Gasteiger partial charge in [-0.05, 0) is 12.5 Å². The molecule has 2 N–H and O–H groups in total. The highest BCUT2D eigenvalue weighted by Gasteiger charge is 2.25. The van der Waals surface area contributed by atoms with Crippen LogP contribution < -0.4 is 5.32 Å². The average molecular weight is 274 g/mol. The summed E-state index contributed by atoms with van der Waals surface area (Å²) in [6.07, 6.45) is 0. The van der Waals surface area contributed by atoms with Crippen LogP contribution in [0.3, 0.4) is 0 Å². The summed E-state index contributed by atoms with van der Waals surface area (Å²) in [6.45, 7) is 3.25. The number of oxazole rings is 1. The first-order valence-corrected chi connectivity index (χ1v) is 6.01. The van der Waals surface area contributed by atoms with Crippen LogP contribution >= 0.6 is 0 Å². The molecular weight excluding hydrogens is 260 g/mol. The van der Waals surface area contributed by atoms with Crippen molar-refractivity contribution in [3.8, 4) is 0 Å². The summed E-state index contributed by atoms with van der Waals surface area (Å²) in [5.74, 6) is -1.35. The van der Waals surface area contributed by atoms with Crippen molar-refractivity contribution in [1.82, 2.24) is 10.3 Å². The second-order valence-electron chi connectivity index (χ2n) is 4.30. The molecule has 1 amide bonds. The molecule has 2 aromatic rings. The highest BCUT2D eigenvalue weighted by atomic mass is 16.4. The van der Waals surface area contributed by atoms with Gasteiger partial charge < -0.3 is 14.8 Å². The van der Waals surface area contributed by atoms with Gasteiger partial charge in [-0.3, -0.25) is 4.79 Å². The van der Waals surface area contributed by atoms with E-state index in [0.29, 0.717) is 17.1 Å². The quantitative estimate of drug-likeness (QED) is 0.887. The van der Waals surface area contributed by atoms with Gasteiger partial charge in [0.15, 0.2) is 11.9 Å². The van der Waals surface area contributed by atoms with Crippen LogP contribution in [0.25, 0.3) is 0 Å². The van der Waals surface area contributed by atoms with Gasteiger partial charge in [0.25, 0.3) is 5.91 Å².